The first-order chi connectivity index (χ1) is 9.22. The molecule has 3 atom stereocenters. The average Bonchev–Trinajstić information content (AvgIpc) is 3.14. The van der Waals surface area contributed by atoms with Gasteiger partial charge in [-0.1, -0.05) is 50.2 Å². The van der Waals surface area contributed by atoms with E-state index in [2.05, 4.69) is 62.5 Å². The van der Waals surface area contributed by atoms with Gasteiger partial charge in [-0.2, -0.15) is 0 Å². The van der Waals surface area contributed by atoms with Gasteiger partial charge in [0, 0.05) is 6.04 Å². The highest BCUT2D eigenvalue weighted by Crippen LogP contribution is 2.48. The van der Waals surface area contributed by atoms with Gasteiger partial charge in [0.2, 0.25) is 0 Å². The van der Waals surface area contributed by atoms with Crippen molar-refractivity contribution in [3.05, 3.63) is 47.5 Å². The molecule has 100 valence electrons. The quantitative estimate of drug-likeness (QED) is 0.848. The maximum Gasteiger partial charge on any atom is 0.0357 e. The van der Waals surface area contributed by atoms with Crippen molar-refractivity contribution in [1.29, 1.82) is 0 Å². The Balaban J connectivity index is 2.10. The second-order valence-corrected chi connectivity index (χ2v) is 5.93. The Morgan fingerprint density at radius 1 is 1.16 bits per heavy atom. The van der Waals surface area contributed by atoms with Gasteiger partial charge in [-0.05, 0) is 53.6 Å². The van der Waals surface area contributed by atoms with Gasteiger partial charge < -0.3 is 5.32 Å². The molecule has 0 radical (unpaired) electrons. The fraction of sp³-hybridized carbons (Fsp3) is 0.444. The minimum absolute atomic E-state index is 0.519. The van der Waals surface area contributed by atoms with Crippen molar-refractivity contribution in [2.24, 2.45) is 11.8 Å². The van der Waals surface area contributed by atoms with Crippen molar-refractivity contribution < 1.29 is 0 Å². The number of hydrogen-bond donors (Lipinski definition) is 1. The van der Waals surface area contributed by atoms with E-state index in [1.807, 2.05) is 0 Å². The molecule has 1 aliphatic carbocycles. The number of benzene rings is 2. The van der Waals surface area contributed by atoms with Crippen LogP contribution in [0.3, 0.4) is 0 Å². The Kier molecular flexibility index (Phi) is 3.32. The summed E-state index contributed by atoms with van der Waals surface area (Å²) in [5.74, 6) is 1.68. The number of nitrogens with one attached hydrogen (secondary N) is 1. The molecule has 0 aromatic heterocycles. The second kappa shape index (κ2) is 4.97. The fourth-order valence-corrected chi connectivity index (χ4v) is 3.27. The number of fused-ring (bicyclic) bond motifs is 1. The summed E-state index contributed by atoms with van der Waals surface area (Å²) in [6.07, 6.45) is 1.36. The molecule has 1 heteroatoms. The van der Waals surface area contributed by atoms with Crippen LogP contribution in [0.2, 0.25) is 0 Å². The zero-order valence-corrected chi connectivity index (χ0v) is 12.1. The summed E-state index contributed by atoms with van der Waals surface area (Å²) in [4.78, 5) is 0. The summed E-state index contributed by atoms with van der Waals surface area (Å²) in [6.45, 7) is 7.81. The SMILES string of the molecule is CCNC(c1ccc(C)c2ccccc12)C1CC1C. The molecule has 19 heavy (non-hydrogen) atoms. The Morgan fingerprint density at radius 3 is 2.47 bits per heavy atom. The van der Waals surface area contributed by atoms with E-state index < -0.39 is 0 Å². The van der Waals surface area contributed by atoms with Crippen LogP contribution in [0, 0.1) is 18.8 Å². The fourth-order valence-electron chi connectivity index (χ4n) is 3.27. The van der Waals surface area contributed by atoms with E-state index in [1.54, 1.807) is 0 Å². The van der Waals surface area contributed by atoms with Crippen LogP contribution in [0.25, 0.3) is 10.8 Å². The normalized spacial score (nSPS) is 23.5. The zero-order chi connectivity index (χ0) is 13.4. The molecule has 3 rings (SSSR count). The standard InChI is InChI=1S/C18H23N/c1-4-19-18(17-11-13(17)3)16-10-9-12(2)14-7-5-6-8-15(14)16/h5-10,13,17-19H,4,11H2,1-3H3. The van der Waals surface area contributed by atoms with Gasteiger partial charge >= 0.3 is 0 Å². The molecule has 0 aliphatic heterocycles. The van der Waals surface area contributed by atoms with Crippen LogP contribution >= 0.6 is 0 Å². The van der Waals surface area contributed by atoms with E-state index >= 15 is 0 Å². The van der Waals surface area contributed by atoms with Gasteiger partial charge in [0.25, 0.3) is 0 Å². The van der Waals surface area contributed by atoms with Gasteiger partial charge in [0.05, 0.1) is 0 Å². The molecule has 0 heterocycles. The first-order valence-electron chi connectivity index (χ1n) is 7.44. The Bertz CT molecular complexity index is 587. The first-order valence-corrected chi connectivity index (χ1v) is 7.44. The van der Waals surface area contributed by atoms with Crippen LogP contribution in [0.1, 0.15) is 37.4 Å². The summed E-state index contributed by atoms with van der Waals surface area (Å²) in [5.41, 5.74) is 2.86. The van der Waals surface area contributed by atoms with Gasteiger partial charge in [0.1, 0.15) is 0 Å². The van der Waals surface area contributed by atoms with Crippen molar-refractivity contribution in [3.8, 4) is 0 Å². The van der Waals surface area contributed by atoms with Gasteiger partial charge in [-0.25, -0.2) is 0 Å². The predicted molar refractivity (Wildman–Crippen MR) is 82.4 cm³/mol. The van der Waals surface area contributed by atoms with Gasteiger partial charge in [-0.15, -0.1) is 0 Å². The minimum Gasteiger partial charge on any atom is -0.310 e. The molecule has 0 saturated heterocycles. The van der Waals surface area contributed by atoms with Gasteiger partial charge in [-0.3, -0.25) is 0 Å². The van der Waals surface area contributed by atoms with Crippen LogP contribution < -0.4 is 5.32 Å². The molecule has 2 aromatic carbocycles. The predicted octanol–water partition coefficient (Wildman–Crippen LogP) is 4.45. The van der Waals surface area contributed by atoms with E-state index in [0.29, 0.717) is 6.04 Å². The minimum atomic E-state index is 0.519. The van der Waals surface area contributed by atoms with E-state index in [9.17, 15) is 0 Å². The summed E-state index contributed by atoms with van der Waals surface area (Å²) in [6, 6.07) is 13.9. The highest BCUT2D eigenvalue weighted by atomic mass is 14.9. The topological polar surface area (TPSA) is 12.0 Å². The molecular weight excluding hydrogens is 230 g/mol. The molecular formula is C18H23N. The molecule has 0 bridgehead atoms. The Labute approximate surface area is 116 Å². The Hall–Kier alpha value is -1.34. The van der Waals surface area contributed by atoms with Crippen LogP contribution in [-0.2, 0) is 0 Å². The third-order valence-electron chi connectivity index (χ3n) is 4.53. The van der Waals surface area contributed by atoms with E-state index in [1.165, 1.54) is 28.3 Å². The lowest BCUT2D eigenvalue weighted by atomic mass is 9.93. The number of rotatable bonds is 4. The lowest BCUT2D eigenvalue weighted by molar-refractivity contribution is 0.478. The van der Waals surface area contributed by atoms with Crippen LogP contribution in [0.4, 0.5) is 0 Å². The monoisotopic (exact) mass is 253 g/mol. The summed E-state index contributed by atoms with van der Waals surface area (Å²) < 4.78 is 0. The lowest BCUT2D eigenvalue weighted by Gasteiger charge is -2.21. The van der Waals surface area contributed by atoms with E-state index in [-0.39, 0.29) is 0 Å². The molecule has 1 nitrogen and oxygen atoms in total. The Morgan fingerprint density at radius 2 is 1.84 bits per heavy atom. The smallest absolute Gasteiger partial charge is 0.0357 e. The molecule has 0 spiro atoms. The van der Waals surface area contributed by atoms with E-state index in [4.69, 9.17) is 0 Å². The number of hydrogen-bond acceptors (Lipinski definition) is 1. The van der Waals surface area contributed by atoms with Gasteiger partial charge in [0.15, 0.2) is 0 Å². The molecule has 2 aromatic rings. The van der Waals surface area contributed by atoms with Crippen molar-refractivity contribution in [2.45, 2.75) is 33.2 Å². The van der Waals surface area contributed by atoms with Crippen LogP contribution in [0.5, 0.6) is 0 Å². The zero-order valence-electron chi connectivity index (χ0n) is 12.1. The average molecular weight is 253 g/mol. The molecule has 3 unspecified atom stereocenters. The largest absolute Gasteiger partial charge is 0.310 e. The summed E-state index contributed by atoms with van der Waals surface area (Å²) >= 11 is 0. The molecule has 1 fully saturated rings. The van der Waals surface area contributed by atoms with Crippen LogP contribution in [0.15, 0.2) is 36.4 Å². The van der Waals surface area contributed by atoms with Crippen molar-refractivity contribution in [1.82, 2.24) is 5.32 Å². The molecule has 1 aliphatic rings. The molecule has 1 N–H and O–H groups in total. The first kappa shape index (κ1) is 12.7. The van der Waals surface area contributed by atoms with E-state index in [0.717, 1.165) is 18.4 Å². The van der Waals surface area contributed by atoms with Crippen molar-refractivity contribution in [2.75, 3.05) is 6.54 Å². The highest BCUT2D eigenvalue weighted by Gasteiger charge is 2.40. The second-order valence-electron chi connectivity index (χ2n) is 5.93. The summed E-state index contributed by atoms with van der Waals surface area (Å²) in [7, 11) is 0. The van der Waals surface area contributed by atoms with Crippen molar-refractivity contribution >= 4 is 10.8 Å². The van der Waals surface area contributed by atoms with Crippen molar-refractivity contribution in [3.63, 3.8) is 0 Å². The highest BCUT2D eigenvalue weighted by molar-refractivity contribution is 5.89. The maximum absolute atomic E-state index is 3.70. The third kappa shape index (κ3) is 2.28. The number of aryl methyl sites for hydroxylation is 1. The lowest BCUT2D eigenvalue weighted by Crippen LogP contribution is -2.23. The molecule has 1 saturated carbocycles. The summed E-state index contributed by atoms with van der Waals surface area (Å²) in [5, 5.41) is 6.53. The third-order valence-corrected chi connectivity index (χ3v) is 4.53. The maximum atomic E-state index is 3.70. The van der Waals surface area contributed by atoms with Crippen LogP contribution in [-0.4, -0.2) is 6.54 Å². The molecule has 0 amide bonds.